The van der Waals surface area contributed by atoms with Crippen LogP contribution in [0, 0.1) is 0 Å². The van der Waals surface area contributed by atoms with Crippen molar-refractivity contribution in [3.8, 4) is 0 Å². The lowest BCUT2D eigenvalue weighted by Crippen LogP contribution is -2.23. The van der Waals surface area contributed by atoms with E-state index in [4.69, 9.17) is 11.5 Å². The fourth-order valence-electron chi connectivity index (χ4n) is 2.63. The second-order valence-electron chi connectivity index (χ2n) is 4.48. The van der Waals surface area contributed by atoms with Gasteiger partial charge in [0.25, 0.3) is 0 Å². The Morgan fingerprint density at radius 3 is 2.24 bits per heavy atom. The van der Waals surface area contributed by atoms with Crippen molar-refractivity contribution < 1.29 is 9.59 Å². The highest BCUT2D eigenvalue weighted by atomic mass is 16.2. The van der Waals surface area contributed by atoms with Crippen LogP contribution in [-0.2, 0) is 0 Å². The van der Waals surface area contributed by atoms with Gasteiger partial charge in [0, 0.05) is 0 Å². The topological polar surface area (TPSA) is 86.2 Å². The predicted octanol–water partition coefficient (Wildman–Crippen LogP) is 1.54. The van der Waals surface area contributed by atoms with Crippen LogP contribution in [0.1, 0.15) is 57.9 Å². The summed E-state index contributed by atoms with van der Waals surface area (Å²) in [6.07, 6.45) is 4.40. The number of benzene rings is 1. The lowest BCUT2D eigenvalue weighted by atomic mass is 9.89. The Labute approximate surface area is 100.0 Å². The number of nitrogens with two attached hydrogens (primary N) is 2. The first-order valence-electron chi connectivity index (χ1n) is 5.83. The lowest BCUT2D eigenvalue weighted by molar-refractivity contribution is 0.0966. The molecule has 0 aliphatic heterocycles. The van der Waals surface area contributed by atoms with Gasteiger partial charge in [-0.25, -0.2) is 0 Å². The summed E-state index contributed by atoms with van der Waals surface area (Å²) in [5.41, 5.74) is 12.1. The Morgan fingerprint density at radius 1 is 1.06 bits per heavy atom. The molecule has 0 heterocycles. The number of primary amides is 2. The third-order valence-electron chi connectivity index (χ3n) is 3.40. The van der Waals surface area contributed by atoms with Gasteiger partial charge in [0.1, 0.15) is 0 Å². The standard InChI is InChI=1S/C13H16N2O2/c14-12(16)10-7-3-6-9(11(10)13(15)17)8-4-1-2-5-8/h3,6-8H,1-2,4-5H2,(H2,14,16)(H2,15,17). The summed E-state index contributed by atoms with van der Waals surface area (Å²) >= 11 is 0. The van der Waals surface area contributed by atoms with E-state index in [0.717, 1.165) is 31.2 Å². The highest BCUT2D eigenvalue weighted by Crippen LogP contribution is 2.36. The molecule has 1 aliphatic rings. The van der Waals surface area contributed by atoms with E-state index in [9.17, 15) is 9.59 Å². The van der Waals surface area contributed by atoms with E-state index in [0.29, 0.717) is 11.5 Å². The van der Waals surface area contributed by atoms with Gasteiger partial charge in [-0.3, -0.25) is 9.59 Å². The number of carbonyl (C=O) groups excluding carboxylic acids is 2. The fourth-order valence-corrected chi connectivity index (χ4v) is 2.63. The van der Waals surface area contributed by atoms with Gasteiger partial charge in [0.05, 0.1) is 11.1 Å². The molecule has 0 spiro atoms. The first-order valence-corrected chi connectivity index (χ1v) is 5.83. The van der Waals surface area contributed by atoms with E-state index >= 15 is 0 Å². The number of rotatable bonds is 3. The van der Waals surface area contributed by atoms with Gasteiger partial charge in [0.15, 0.2) is 0 Å². The fraction of sp³-hybridized carbons (Fsp3) is 0.385. The highest BCUT2D eigenvalue weighted by Gasteiger charge is 2.24. The number of carbonyl (C=O) groups is 2. The summed E-state index contributed by atoms with van der Waals surface area (Å²) < 4.78 is 0. The average molecular weight is 232 g/mol. The Balaban J connectivity index is 2.54. The average Bonchev–Trinajstić information content (AvgIpc) is 2.81. The zero-order chi connectivity index (χ0) is 12.4. The minimum atomic E-state index is -0.598. The number of hydrogen-bond donors (Lipinski definition) is 2. The molecule has 1 aromatic carbocycles. The molecule has 17 heavy (non-hydrogen) atoms. The van der Waals surface area contributed by atoms with Crippen LogP contribution in [-0.4, -0.2) is 11.8 Å². The van der Waals surface area contributed by atoms with Crippen LogP contribution in [0.15, 0.2) is 18.2 Å². The quantitative estimate of drug-likeness (QED) is 0.828. The molecule has 0 aromatic heterocycles. The van der Waals surface area contributed by atoms with Crippen molar-refractivity contribution in [3.05, 3.63) is 34.9 Å². The minimum Gasteiger partial charge on any atom is -0.366 e. The molecular formula is C13H16N2O2. The molecule has 4 N–H and O–H groups in total. The van der Waals surface area contributed by atoms with Gasteiger partial charge in [-0.1, -0.05) is 25.0 Å². The minimum absolute atomic E-state index is 0.238. The molecule has 0 bridgehead atoms. The van der Waals surface area contributed by atoms with Crippen molar-refractivity contribution in [3.63, 3.8) is 0 Å². The zero-order valence-electron chi connectivity index (χ0n) is 9.61. The van der Waals surface area contributed by atoms with Gasteiger partial charge in [-0.2, -0.15) is 0 Å². The van der Waals surface area contributed by atoms with Crippen LogP contribution in [0.4, 0.5) is 0 Å². The van der Waals surface area contributed by atoms with E-state index in [1.54, 1.807) is 12.1 Å². The molecule has 2 amide bonds. The molecule has 0 unspecified atom stereocenters. The molecule has 90 valence electrons. The lowest BCUT2D eigenvalue weighted by Gasteiger charge is -2.15. The van der Waals surface area contributed by atoms with E-state index in [1.807, 2.05) is 6.07 Å². The van der Waals surface area contributed by atoms with Crippen LogP contribution < -0.4 is 11.5 Å². The first-order chi connectivity index (χ1) is 8.11. The van der Waals surface area contributed by atoms with Crippen molar-refractivity contribution in [1.29, 1.82) is 0 Å². The summed E-state index contributed by atoms with van der Waals surface area (Å²) in [7, 11) is 0. The van der Waals surface area contributed by atoms with Gasteiger partial charge in [-0.15, -0.1) is 0 Å². The second kappa shape index (κ2) is 4.57. The molecule has 4 nitrogen and oxygen atoms in total. The van der Waals surface area contributed by atoms with Crippen molar-refractivity contribution in [2.24, 2.45) is 11.5 Å². The Morgan fingerprint density at radius 2 is 1.71 bits per heavy atom. The van der Waals surface area contributed by atoms with Crippen LogP contribution in [0.2, 0.25) is 0 Å². The largest absolute Gasteiger partial charge is 0.366 e. The Kier molecular flexibility index (Phi) is 3.13. The Hall–Kier alpha value is -1.84. The molecule has 0 saturated heterocycles. The van der Waals surface area contributed by atoms with Gasteiger partial charge >= 0.3 is 0 Å². The SMILES string of the molecule is NC(=O)c1cccc(C2CCCC2)c1C(N)=O. The maximum atomic E-state index is 11.5. The smallest absolute Gasteiger partial charge is 0.249 e. The summed E-state index contributed by atoms with van der Waals surface area (Å²) in [5, 5.41) is 0. The number of amides is 2. The van der Waals surface area contributed by atoms with E-state index in [1.165, 1.54) is 0 Å². The third-order valence-corrected chi connectivity index (χ3v) is 3.40. The molecule has 0 atom stereocenters. The molecule has 4 heteroatoms. The van der Waals surface area contributed by atoms with Crippen LogP contribution in [0.5, 0.6) is 0 Å². The van der Waals surface area contributed by atoms with Gasteiger partial charge in [-0.05, 0) is 30.4 Å². The molecule has 1 aliphatic carbocycles. The molecule has 2 rings (SSSR count). The summed E-state index contributed by atoms with van der Waals surface area (Å²) in [6, 6.07) is 5.20. The molecular weight excluding hydrogens is 216 g/mol. The maximum absolute atomic E-state index is 11.5. The number of hydrogen-bond acceptors (Lipinski definition) is 2. The summed E-state index contributed by atoms with van der Waals surface area (Å²) in [5.74, 6) is -0.836. The highest BCUT2D eigenvalue weighted by molar-refractivity contribution is 6.07. The van der Waals surface area contributed by atoms with Crippen molar-refractivity contribution >= 4 is 11.8 Å². The zero-order valence-corrected chi connectivity index (χ0v) is 9.61. The molecule has 1 aromatic rings. The third kappa shape index (κ3) is 2.16. The first kappa shape index (κ1) is 11.6. The van der Waals surface area contributed by atoms with Crippen LogP contribution >= 0.6 is 0 Å². The van der Waals surface area contributed by atoms with E-state index < -0.39 is 11.8 Å². The van der Waals surface area contributed by atoms with Gasteiger partial charge < -0.3 is 11.5 Å². The van der Waals surface area contributed by atoms with E-state index in [-0.39, 0.29) is 5.56 Å². The second-order valence-corrected chi connectivity index (χ2v) is 4.48. The Bertz CT molecular complexity index is 462. The van der Waals surface area contributed by atoms with Crippen molar-refractivity contribution in [2.75, 3.05) is 0 Å². The predicted molar refractivity (Wildman–Crippen MR) is 64.7 cm³/mol. The molecule has 0 radical (unpaired) electrons. The monoisotopic (exact) mass is 232 g/mol. The maximum Gasteiger partial charge on any atom is 0.249 e. The van der Waals surface area contributed by atoms with Crippen molar-refractivity contribution in [1.82, 2.24) is 0 Å². The van der Waals surface area contributed by atoms with Crippen LogP contribution in [0.3, 0.4) is 0 Å². The summed E-state index contributed by atoms with van der Waals surface area (Å²) in [4.78, 5) is 22.8. The summed E-state index contributed by atoms with van der Waals surface area (Å²) in [6.45, 7) is 0. The van der Waals surface area contributed by atoms with E-state index in [2.05, 4.69) is 0 Å². The molecule has 1 fully saturated rings. The van der Waals surface area contributed by atoms with Crippen LogP contribution in [0.25, 0.3) is 0 Å². The van der Waals surface area contributed by atoms with Crippen molar-refractivity contribution in [2.45, 2.75) is 31.6 Å². The van der Waals surface area contributed by atoms with Gasteiger partial charge in [0.2, 0.25) is 11.8 Å². The normalized spacial score (nSPS) is 16.0. The molecule has 1 saturated carbocycles.